The van der Waals surface area contributed by atoms with Crippen molar-refractivity contribution in [1.29, 1.82) is 0 Å². The number of aryl methyl sites for hydroxylation is 2. The van der Waals surface area contributed by atoms with Crippen LogP contribution in [0.15, 0.2) is 6.07 Å². The van der Waals surface area contributed by atoms with Crippen LogP contribution in [0.4, 0.5) is 0 Å². The largest absolute Gasteiger partial charge is 0.479 e. The topological polar surface area (TPSA) is 46.0 Å². The summed E-state index contributed by atoms with van der Waals surface area (Å²) in [4.78, 5) is 7.52. The van der Waals surface area contributed by atoms with Gasteiger partial charge in [0.2, 0.25) is 0 Å². The smallest absolute Gasteiger partial charge is 0.314 e. The maximum absolute atomic E-state index is 8.90. The van der Waals surface area contributed by atoms with Gasteiger partial charge in [-0.3, -0.25) is 0 Å². The van der Waals surface area contributed by atoms with Gasteiger partial charge in [-0.25, -0.2) is 9.97 Å². The third-order valence-electron chi connectivity index (χ3n) is 1.26. The van der Waals surface area contributed by atoms with E-state index in [1.165, 1.54) is 0 Å². The van der Waals surface area contributed by atoms with Crippen molar-refractivity contribution in [1.82, 2.24) is 9.97 Å². The van der Waals surface area contributed by atoms with Crippen molar-refractivity contribution in [3.8, 4) is 6.01 Å². The molecular weight excluding hydrogens is 128 g/mol. The summed E-state index contributed by atoms with van der Waals surface area (Å²) < 4.78 is 0. The van der Waals surface area contributed by atoms with Gasteiger partial charge in [0.1, 0.15) is 0 Å². The average Bonchev–Trinajstić information content (AvgIpc) is 1.85. The third kappa shape index (κ3) is 1.43. The molecule has 10 heavy (non-hydrogen) atoms. The van der Waals surface area contributed by atoms with Crippen molar-refractivity contribution in [2.24, 2.45) is 0 Å². The van der Waals surface area contributed by atoms with Crippen LogP contribution < -0.4 is 0 Å². The molecule has 54 valence electrons. The Morgan fingerprint density at radius 1 is 1.50 bits per heavy atom. The minimum atomic E-state index is -0.128. The Morgan fingerprint density at radius 2 is 2.20 bits per heavy atom. The molecule has 0 spiro atoms. The minimum Gasteiger partial charge on any atom is -0.479 e. The van der Waals surface area contributed by atoms with Gasteiger partial charge in [-0.1, -0.05) is 6.92 Å². The maximum Gasteiger partial charge on any atom is 0.314 e. The quantitative estimate of drug-likeness (QED) is 0.631. The highest BCUT2D eigenvalue weighted by Gasteiger charge is 1.96. The van der Waals surface area contributed by atoms with Crippen LogP contribution in [0, 0.1) is 6.92 Å². The normalized spacial score (nSPS) is 9.80. The molecule has 1 heterocycles. The fourth-order valence-electron chi connectivity index (χ4n) is 0.798. The maximum atomic E-state index is 8.90. The van der Waals surface area contributed by atoms with E-state index >= 15 is 0 Å². The van der Waals surface area contributed by atoms with E-state index < -0.39 is 0 Å². The number of hydrogen-bond donors (Lipinski definition) is 1. The van der Waals surface area contributed by atoms with E-state index in [0.29, 0.717) is 0 Å². The van der Waals surface area contributed by atoms with E-state index in [4.69, 9.17) is 5.11 Å². The lowest BCUT2D eigenvalue weighted by molar-refractivity contribution is 0.426. The van der Waals surface area contributed by atoms with E-state index in [0.717, 1.165) is 17.8 Å². The first kappa shape index (κ1) is 6.99. The van der Waals surface area contributed by atoms with Crippen molar-refractivity contribution >= 4 is 0 Å². The molecule has 0 aliphatic carbocycles. The van der Waals surface area contributed by atoms with Gasteiger partial charge < -0.3 is 5.11 Å². The first-order chi connectivity index (χ1) is 4.72. The zero-order valence-corrected chi connectivity index (χ0v) is 6.13. The lowest BCUT2D eigenvalue weighted by Gasteiger charge is -1.96. The summed E-state index contributed by atoms with van der Waals surface area (Å²) in [5, 5.41) is 8.90. The van der Waals surface area contributed by atoms with Gasteiger partial charge in [-0.15, -0.1) is 0 Å². The van der Waals surface area contributed by atoms with Gasteiger partial charge >= 0.3 is 6.01 Å². The SMILES string of the molecule is CCc1cc(C)nc(O)n1. The monoisotopic (exact) mass is 138 g/mol. The highest BCUT2D eigenvalue weighted by molar-refractivity contribution is 5.11. The number of aromatic hydroxyl groups is 1. The van der Waals surface area contributed by atoms with Crippen LogP contribution in [0.1, 0.15) is 18.3 Å². The molecule has 1 N–H and O–H groups in total. The van der Waals surface area contributed by atoms with Crippen LogP contribution in [0.3, 0.4) is 0 Å². The standard InChI is InChI=1S/C7H10N2O/c1-3-6-4-5(2)8-7(10)9-6/h4H,3H2,1-2H3,(H,8,9,10). The summed E-state index contributed by atoms with van der Waals surface area (Å²) in [7, 11) is 0. The number of rotatable bonds is 1. The second-order valence-corrected chi connectivity index (χ2v) is 2.15. The molecule has 0 aliphatic rings. The lowest BCUT2D eigenvalue weighted by atomic mass is 10.3. The summed E-state index contributed by atoms with van der Waals surface area (Å²) >= 11 is 0. The Bertz CT molecular complexity index is 215. The fourth-order valence-corrected chi connectivity index (χ4v) is 0.798. The first-order valence-corrected chi connectivity index (χ1v) is 3.26. The Balaban J connectivity index is 3.06. The molecule has 1 rings (SSSR count). The fraction of sp³-hybridized carbons (Fsp3) is 0.429. The Hall–Kier alpha value is -1.12. The van der Waals surface area contributed by atoms with E-state index in [2.05, 4.69) is 9.97 Å². The Kier molecular flexibility index (Phi) is 1.85. The van der Waals surface area contributed by atoms with Crippen LogP contribution >= 0.6 is 0 Å². The number of aromatic nitrogens is 2. The second-order valence-electron chi connectivity index (χ2n) is 2.15. The predicted octanol–water partition coefficient (Wildman–Crippen LogP) is 1.05. The molecule has 1 aromatic rings. The van der Waals surface area contributed by atoms with Crippen LogP contribution in [0.25, 0.3) is 0 Å². The Labute approximate surface area is 59.8 Å². The number of hydrogen-bond acceptors (Lipinski definition) is 3. The predicted molar refractivity (Wildman–Crippen MR) is 37.8 cm³/mol. The van der Waals surface area contributed by atoms with Gasteiger partial charge in [0.15, 0.2) is 0 Å². The van der Waals surface area contributed by atoms with Crippen molar-refractivity contribution in [3.63, 3.8) is 0 Å². The minimum absolute atomic E-state index is 0.128. The summed E-state index contributed by atoms with van der Waals surface area (Å²) in [6.07, 6.45) is 0.830. The molecule has 3 heteroatoms. The molecule has 0 fully saturated rings. The summed E-state index contributed by atoms with van der Waals surface area (Å²) in [6, 6.07) is 1.73. The molecule has 3 nitrogen and oxygen atoms in total. The summed E-state index contributed by atoms with van der Waals surface area (Å²) in [6.45, 7) is 3.82. The molecule has 0 saturated heterocycles. The molecular formula is C7H10N2O. The zero-order valence-electron chi connectivity index (χ0n) is 6.13. The molecule has 0 atom stereocenters. The van der Waals surface area contributed by atoms with Crippen LogP contribution in [-0.2, 0) is 6.42 Å². The molecule has 0 aromatic carbocycles. The van der Waals surface area contributed by atoms with E-state index in [1.807, 2.05) is 19.9 Å². The highest BCUT2D eigenvalue weighted by Crippen LogP contribution is 2.04. The van der Waals surface area contributed by atoms with Gasteiger partial charge in [-0.2, -0.15) is 0 Å². The van der Waals surface area contributed by atoms with E-state index in [1.54, 1.807) is 0 Å². The van der Waals surface area contributed by atoms with E-state index in [9.17, 15) is 0 Å². The van der Waals surface area contributed by atoms with Crippen molar-refractivity contribution in [2.75, 3.05) is 0 Å². The third-order valence-corrected chi connectivity index (χ3v) is 1.26. The Morgan fingerprint density at radius 3 is 2.70 bits per heavy atom. The van der Waals surface area contributed by atoms with E-state index in [-0.39, 0.29) is 6.01 Å². The van der Waals surface area contributed by atoms with Gasteiger partial charge in [0.05, 0.1) is 0 Å². The van der Waals surface area contributed by atoms with Gasteiger partial charge in [0.25, 0.3) is 0 Å². The molecule has 0 bridgehead atoms. The van der Waals surface area contributed by atoms with Crippen molar-refractivity contribution in [3.05, 3.63) is 17.5 Å². The van der Waals surface area contributed by atoms with Crippen LogP contribution in [-0.4, -0.2) is 15.1 Å². The molecule has 0 amide bonds. The summed E-state index contributed by atoms with van der Waals surface area (Å²) in [5.41, 5.74) is 1.69. The highest BCUT2D eigenvalue weighted by atomic mass is 16.3. The second kappa shape index (κ2) is 2.64. The summed E-state index contributed by atoms with van der Waals surface area (Å²) in [5.74, 6) is 0. The van der Waals surface area contributed by atoms with Crippen LogP contribution in [0.5, 0.6) is 6.01 Å². The molecule has 1 aromatic heterocycles. The van der Waals surface area contributed by atoms with Crippen molar-refractivity contribution in [2.45, 2.75) is 20.3 Å². The molecule has 0 unspecified atom stereocenters. The number of nitrogens with zero attached hydrogens (tertiary/aromatic N) is 2. The molecule has 0 aliphatic heterocycles. The van der Waals surface area contributed by atoms with Gasteiger partial charge in [-0.05, 0) is 19.4 Å². The van der Waals surface area contributed by atoms with Crippen LogP contribution in [0.2, 0.25) is 0 Å². The molecule has 0 saturated carbocycles. The molecule has 0 radical (unpaired) electrons. The average molecular weight is 138 g/mol. The first-order valence-electron chi connectivity index (χ1n) is 3.26. The zero-order chi connectivity index (χ0) is 7.56. The van der Waals surface area contributed by atoms with Crippen molar-refractivity contribution < 1.29 is 5.11 Å². The lowest BCUT2D eigenvalue weighted by Crippen LogP contribution is -1.91. The van der Waals surface area contributed by atoms with Gasteiger partial charge in [0, 0.05) is 11.4 Å².